The smallest absolute Gasteiger partial charge is 0.303 e. The highest BCUT2D eigenvalue weighted by Gasteiger charge is 2.16. The molecule has 0 aromatic heterocycles. The molecule has 0 spiro atoms. The van der Waals surface area contributed by atoms with Crippen LogP contribution in [-0.4, -0.2) is 36.8 Å². The molecule has 4 nitrogen and oxygen atoms in total. The lowest BCUT2D eigenvalue weighted by atomic mass is 10.0. The van der Waals surface area contributed by atoms with Gasteiger partial charge in [-0.15, -0.1) is 0 Å². The van der Waals surface area contributed by atoms with Gasteiger partial charge in [-0.3, -0.25) is 4.79 Å². The molecule has 198 valence electrons. The zero-order chi connectivity index (χ0) is 24.4. The Morgan fingerprint density at radius 1 is 0.667 bits per heavy atom. The highest BCUT2D eigenvalue weighted by atomic mass is 16.4. The van der Waals surface area contributed by atoms with Crippen molar-refractivity contribution in [3.05, 3.63) is 0 Å². The second-order valence-corrected chi connectivity index (χ2v) is 10.3. The molecule has 0 radical (unpaired) electrons. The van der Waals surface area contributed by atoms with Gasteiger partial charge in [0, 0.05) is 18.5 Å². The van der Waals surface area contributed by atoms with Gasteiger partial charge in [0.1, 0.15) is 0 Å². The van der Waals surface area contributed by atoms with E-state index in [1.54, 1.807) is 0 Å². The lowest BCUT2D eigenvalue weighted by molar-refractivity contribution is -0.137. The second-order valence-electron chi connectivity index (χ2n) is 10.3. The predicted octanol–water partition coefficient (Wildman–Crippen LogP) is 8.24. The van der Waals surface area contributed by atoms with Gasteiger partial charge in [-0.25, -0.2) is 0 Å². The molecule has 4 heteroatoms. The summed E-state index contributed by atoms with van der Waals surface area (Å²) < 4.78 is 0. The SMILES string of the molecule is CCCCCCCCCCCCCCCCCCCCCCNC(CCC(=O)O)C(C)NC. The van der Waals surface area contributed by atoms with Gasteiger partial charge in [-0.1, -0.05) is 129 Å². The number of carboxylic acid groups (broad SMARTS) is 1. The fourth-order valence-corrected chi connectivity index (χ4v) is 4.68. The van der Waals surface area contributed by atoms with Gasteiger partial charge >= 0.3 is 5.97 Å². The van der Waals surface area contributed by atoms with E-state index in [1.165, 1.54) is 128 Å². The predicted molar refractivity (Wildman–Crippen MR) is 145 cm³/mol. The van der Waals surface area contributed by atoms with Gasteiger partial charge in [0.25, 0.3) is 0 Å². The molecule has 0 saturated carbocycles. The quantitative estimate of drug-likeness (QED) is 0.106. The van der Waals surface area contributed by atoms with Crippen LogP contribution in [0.25, 0.3) is 0 Å². The Hall–Kier alpha value is -0.610. The number of unbranched alkanes of at least 4 members (excludes halogenated alkanes) is 19. The van der Waals surface area contributed by atoms with Crippen molar-refractivity contribution in [3.8, 4) is 0 Å². The molecule has 2 atom stereocenters. The zero-order valence-electron chi connectivity index (χ0n) is 22.8. The maximum atomic E-state index is 10.8. The van der Waals surface area contributed by atoms with Crippen LogP contribution in [0.3, 0.4) is 0 Å². The van der Waals surface area contributed by atoms with Crippen LogP contribution >= 0.6 is 0 Å². The first-order valence-electron chi connectivity index (χ1n) is 14.7. The molecule has 0 aliphatic rings. The van der Waals surface area contributed by atoms with E-state index in [4.69, 9.17) is 5.11 Å². The zero-order valence-corrected chi connectivity index (χ0v) is 22.8. The molecule has 33 heavy (non-hydrogen) atoms. The largest absolute Gasteiger partial charge is 0.481 e. The van der Waals surface area contributed by atoms with E-state index in [2.05, 4.69) is 24.5 Å². The van der Waals surface area contributed by atoms with Crippen LogP contribution in [0.15, 0.2) is 0 Å². The third-order valence-corrected chi connectivity index (χ3v) is 7.16. The van der Waals surface area contributed by atoms with Crippen molar-refractivity contribution in [1.29, 1.82) is 0 Å². The highest BCUT2D eigenvalue weighted by Crippen LogP contribution is 2.15. The average molecular weight is 469 g/mol. The van der Waals surface area contributed by atoms with Crippen LogP contribution < -0.4 is 10.6 Å². The Bertz CT molecular complexity index is 403. The Morgan fingerprint density at radius 3 is 1.36 bits per heavy atom. The van der Waals surface area contributed by atoms with Gasteiger partial charge in [0.2, 0.25) is 0 Å². The van der Waals surface area contributed by atoms with Crippen molar-refractivity contribution in [2.45, 2.75) is 167 Å². The Labute approximate surface area is 207 Å². The highest BCUT2D eigenvalue weighted by molar-refractivity contribution is 5.66. The minimum Gasteiger partial charge on any atom is -0.481 e. The first kappa shape index (κ1) is 32.4. The monoisotopic (exact) mass is 468 g/mol. The summed E-state index contributed by atoms with van der Waals surface area (Å²) in [4.78, 5) is 10.8. The van der Waals surface area contributed by atoms with Crippen LogP contribution in [0.4, 0.5) is 0 Å². The summed E-state index contributed by atoms with van der Waals surface area (Å²) >= 11 is 0. The van der Waals surface area contributed by atoms with Gasteiger partial charge in [0.05, 0.1) is 0 Å². The van der Waals surface area contributed by atoms with Crippen LogP contribution in [0.1, 0.15) is 155 Å². The van der Waals surface area contributed by atoms with Crippen molar-refractivity contribution < 1.29 is 9.90 Å². The Balaban J connectivity index is 3.29. The number of rotatable bonds is 27. The molecule has 0 saturated heterocycles. The van der Waals surface area contributed by atoms with Crippen LogP contribution in [0.5, 0.6) is 0 Å². The molecule has 0 fully saturated rings. The van der Waals surface area contributed by atoms with Crippen LogP contribution in [0.2, 0.25) is 0 Å². The van der Waals surface area contributed by atoms with Crippen molar-refractivity contribution in [2.24, 2.45) is 0 Å². The minimum atomic E-state index is -0.705. The topological polar surface area (TPSA) is 61.4 Å². The van der Waals surface area contributed by atoms with Crippen LogP contribution in [-0.2, 0) is 4.79 Å². The van der Waals surface area contributed by atoms with E-state index in [0.29, 0.717) is 12.5 Å². The minimum absolute atomic E-state index is 0.239. The lowest BCUT2D eigenvalue weighted by Crippen LogP contribution is -2.45. The van der Waals surface area contributed by atoms with Gasteiger partial charge in [-0.2, -0.15) is 0 Å². The molecule has 0 aromatic carbocycles. The molecule has 2 unspecified atom stereocenters. The molecular weight excluding hydrogens is 408 g/mol. The molecule has 0 bridgehead atoms. The molecule has 0 aromatic rings. The van der Waals surface area contributed by atoms with Crippen molar-refractivity contribution in [2.75, 3.05) is 13.6 Å². The molecular formula is C29H60N2O2. The number of likely N-dealkylation sites (N-methyl/N-ethyl adjacent to an activating group) is 1. The van der Waals surface area contributed by atoms with E-state index >= 15 is 0 Å². The Kier molecular flexibility index (Phi) is 25.5. The summed E-state index contributed by atoms with van der Waals surface area (Å²) in [6, 6.07) is 0.542. The lowest BCUT2D eigenvalue weighted by Gasteiger charge is -2.24. The normalized spacial score (nSPS) is 13.3. The molecule has 0 rings (SSSR count). The second kappa shape index (κ2) is 26.0. The fourth-order valence-electron chi connectivity index (χ4n) is 4.68. The van der Waals surface area contributed by atoms with E-state index < -0.39 is 5.97 Å². The Morgan fingerprint density at radius 2 is 1.03 bits per heavy atom. The molecule has 0 aliphatic heterocycles. The van der Waals surface area contributed by atoms with Crippen LogP contribution in [0, 0.1) is 0 Å². The summed E-state index contributed by atoms with van der Waals surface area (Å²) in [5.74, 6) is -0.705. The van der Waals surface area contributed by atoms with E-state index in [0.717, 1.165) is 6.54 Å². The number of hydrogen-bond donors (Lipinski definition) is 3. The summed E-state index contributed by atoms with van der Waals surface area (Å²) in [5, 5.41) is 15.7. The third-order valence-electron chi connectivity index (χ3n) is 7.16. The first-order chi connectivity index (χ1) is 16.1. The van der Waals surface area contributed by atoms with Crippen molar-refractivity contribution in [1.82, 2.24) is 10.6 Å². The summed E-state index contributed by atoms with van der Waals surface area (Å²) in [5.41, 5.74) is 0. The number of hydrogen-bond acceptors (Lipinski definition) is 3. The fraction of sp³-hybridized carbons (Fsp3) is 0.966. The standard InChI is InChI=1S/C29H60N2O2/c1-4-5-6-7-8-9-10-11-12-13-14-15-16-17-18-19-20-21-22-23-26-31-28(27(2)30-3)24-25-29(32)33/h27-28,30-31H,4-26H2,1-3H3,(H,32,33). The number of carboxylic acids is 1. The number of aliphatic carboxylic acids is 1. The van der Waals surface area contributed by atoms with Crippen molar-refractivity contribution in [3.63, 3.8) is 0 Å². The summed E-state index contributed by atoms with van der Waals surface area (Å²) in [6.45, 7) is 5.41. The third kappa shape index (κ3) is 24.3. The van der Waals surface area contributed by atoms with E-state index in [-0.39, 0.29) is 12.5 Å². The molecule has 3 N–H and O–H groups in total. The molecule has 0 heterocycles. The van der Waals surface area contributed by atoms with E-state index in [9.17, 15) is 4.79 Å². The summed E-state index contributed by atoms with van der Waals surface area (Å²) in [6.07, 6.45) is 29.1. The number of carbonyl (C=O) groups is 1. The van der Waals surface area contributed by atoms with E-state index in [1.807, 2.05) is 7.05 Å². The van der Waals surface area contributed by atoms with Crippen molar-refractivity contribution >= 4 is 5.97 Å². The van der Waals surface area contributed by atoms with Gasteiger partial charge in [0.15, 0.2) is 0 Å². The van der Waals surface area contributed by atoms with Gasteiger partial charge in [-0.05, 0) is 33.4 Å². The first-order valence-corrected chi connectivity index (χ1v) is 14.7. The maximum Gasteiger partial charge on any atom is 0.303 e. The summed E-state index contributed by atoms with van der Waals surface area (Å²) in [7, 11) is 1.94. The maximum absolute atomic E-state index is 10.8. The average Bonchev–Trinajstić information content (AvgIpc) is 2.81. The molecule has 0 amide bonds. The molecule has 0 aliphatic carbocycles. The van der Waals surface area contributed by atoms with Gasteiger partial charge < -0.3 is 15.7 Å². The number of nitrogens with one attached hydrogen (secondary N) is 2.